The zero-order chi connectivity index (χ0) is 16.8. The zero-order valence-corrected chi connectivity index (χ0v) is 12.4. The van der Waals surface area contributed by atoms with Gasteiger partial charge in [0.25, 0.3) is 0 Å². The Bertz CT molecular complexity index is 708. The van der Waals surface area contributed by atoms with Gasteiger partial charge >= 0.3 is 0 Å². The van der Waals surface area contributed by atoms with Gasteiger partial charge in [0.2, 0.25) is 11.8 Å². The average molecular weight is 319 g/mol. The van der Waals surface area contributed by atoms with Gasteiger partial charge in [0, 0.05) is 24.9 Å². The highest BCUT2D eigenvalue weighted by Gasteiger charge is 2.15. The van der Waals surface area contributed by atoms with Crippen LogP contribution in [-0.4, -0.2) is 28.2 Å². The number of amides is 2. The molecule has 1 heterocycles. The topological polar surface area (TPSA) is 62.3 Å². The number of carbonyl (C=O) groups is 2. The minimum Gasteiger partial charge on any atom is -0.328 e. The van der Waals surface area contributed by atoms with Gasteiger partial charge in [-0.1, -0.05) is 6.07 Å². The van der Waals surface area contributed by atoms with Crippen LogP contribution < -0.4 is 5.32 Å². The van der Waals surface area contributed by atoms with Crippen LogP contribution in [-0.2, 0) is 16.1 Å². The predicted octanol–water partition coefficient (Wildman–Crippen LogP) is 2.35. The number of nitrogens with zero attached hydrogens (tertiary/aromatic N) is 2. The minimum atomic E-state index is -1.06. The van der Waals surface area contributed by atoms with Crippen molar-refractivity contribution < 1.29 is 18.4 Å². The van der Waals surface area contributed by atoms with Crippen molar-refractivity contribution in [2.75, 3.05) is 11.9 Å². The Morgan fingerprint density at radius 2 is 1.96 bits per heavy atom. The van der Waals surface area contributed by atoms with Crippen molar-refractivity contribution in [2.24, 2.45) is 0 Å². The van der Waals surface area contributed by atoms with Gasteiger partial charge in [-0.15, -0.1) is 0 Å². The highest BCUT2D eigenvalue weighted by atomic mass is 19.2. The van der Waals surface area contributed by atoms with E-state index in [1.54, 1.807) is 24.4 Å². The van der Waals surface area contributed by atoms with Crippen LogP contribution in [0.2, 0.25) is 0 Å². The van der Waals surface area contributed by atoms with Crippen LogP contribution in [0.1, 0.15) is 12.6 Å². The van der Waals surface area contributed by atoms with Crippen molar-refractivity contribution in [3.8, 4) is 0 Å². The monoisotopic (exact) mass is 319 g/mol. The van der Waals surface area contributed by atoms with E-state index in [0.29, 0.717) is 5.69 Å². The maximum atomic E-state index is 13.1. The fraction of sp³-hybridized carbons (Fsp3) is 0.188. The molecule has 0 aliphatic carbocycles. The van der Waals surface area contributed by atoms with Gasteiger partial charge in [0.05, 0.1) is 12.2 Å². The molecule has 1 N–H and O–H groups in total. The lowest BCUT2D eigenvalue weighted by Gasteiger charge is -2.20. The minimum absolute atomic E-state index is 0.121. The standard InChI is InChI=1S/C16H15F2N3O2/c1-11(22)21(9-13-4-2-3-7-19-13)10-16(23)20-12-5-6-14(17)15(18)8-12/h2-8H,9-10H2,1H3,(H,20,23). The highest BCUT2D eigenvalue weighted by Crippen LogP contribution is 2.13. The molecule has 23 heavy (non-hydrogen) atoms. The Morgan fingerprint density at radius 1 is 1.17 bits per heavy atom. The Balaban J connectivity index is 2.00. The largest absolute Gasteiger partial charge is 0.328 e. The second-order valence-electron chi connectivity index (χ2n) is 4.87. The molecule has 1 aromatic carbocycles. The number of pyridine rings is 1. The van der Waals surface area contributed by atoms with E-state index in [9.17, 15) is 18.4 Å². The number of carbonyl (C=O) groups excluding carboxylic acids is 2. The van der Waals surface area contributed by atoms with Crippen molar-refractivity contribution in [1.29, 1.82) is 0 Å². The summed E-state index contributed by atoms with van der Waals surface area (Å²) in [6, 6.07) is 8.31. The molecular weight excluding hydrogens is 304 g/mol. The number of anilines is 1. The number of hydrogen-bond donors (Lipinski definition) is 1. The third-order valence-corrected chi connectivity index (χ3v) is 3.06. The van der Waals surface area contributed by atoms with Crippen LogP contribution in [0.15, 0.2) is 42.6 Å². The molecule has 0 saturated carbocycles. The molecule has 5 nitrogen and oxygen atoms in total. The number of benzene rings is 1. The van der Waals surface area contributed by atoms with Crippen molar-refractivity contribution in [3.63, 3.8) is 0 Å². The summed E-state index contributed by atoms with van der Waals surface area (Å²) < 4.78 is 26.0. The fourth-order valence-corrected chi connectivity index (χ4v) is 1.91. The summed E-state index contributed by atoms with van der Waals surface area (Å²) in [6.45, 7) is 1.31. The lowest BCUT2D eigenvalue weighted by atomic mass is 10.3. The van der Waals surface area contributed by atoms with Gasteiger partial charge in [0.1, 0.15) is 6.54 Å². The fourth-order valence-electron chi connectivity index (χ4n) is 1.91. The molecule has 0 spiro atoms. The molecule has 2 aromatic rings. The number of aromatic nitrogens is 1. The van der Waals surface area contributed by atoms with E-state index in [4.69, 9.17) is 0 Å². The lowest BCUT2D eigenvalue weighted by molar-refractivity contribution is -0.133. The molecule has 0 atom stereocenters. The van der Waals surface area contributed by atoms with E-state index in [-0.39, 0.29) is 24.7 Å². The molecule has 1 aromatic heterocycles. The smallest absolute Gasteiger partial charge is 0.244 e. The molecular formula is C16H15F2N3O2. The van der Waals surface area contributed by atoms with Gasteiger partial charge in [-0.25, -0.2) is 8.78 Å². The first kappa shape index (κ1) is 16.5. The van der Waals surface area contributed by atoms with Gasteiger partial charge in [-0.05, 0) is 24.3 Å². The van der Waals surface area contributed by atoms with E-state index < -0.39 is 17.5 Å². The number of nitrogens with one attached hydrogen (secondary N) is 1. The summed E-state index contributed by atoms with van der Waals surface area (Å²) in [4.78, 5) is 29.0. The van der Waals surface area contributed by atoms with Crippen LogP contribution in [0.25, 0.3) is 0 Å². The van der Waals surface area contributed by atoms with Crippen molar-refractivity contribution >= 4 is 17.5 Å². The van der Waals surface area contributed by atoms with Crippen molar-refractivity contribution in [2.45, 2.75) is 13.5 Å². The molecule has 0 aliphatic heterocycles. The van der Waals surface area contributed by atoms with E-state index in [0.717, 1.165) is 12.1 Å². The van der Waals surface area contributed by atoms with Crippen LogP contribution in [0.5, 0.6) is 0 Å². The zero-order valence-electron chi connectivity index (χ0n) is 12.4. The van der Waals surface area contributed by atoms with Crippen LogP contribution >= 0.6 is 0 Å². The lowest BCUT2D eigenvalue weighted by Crippen LogP contribution is -2.36. The van der Waals surface area contributed by atoms with E-state index >= 15 is 0 Å². The molecule has 0 aliphatic rings. The van der Waals surface area contributed by atoms with Gasteiger partial charge in [-0.2, -0.15) is 0 Å². The van der Waals surface area contributed by atoms with Gasteiger partial charge in [-0.3, -0.25) is 14.6 Å². The molecule has 0 radical (unpaired) electrons. The summed E-state index contributed by atoms with van der Waals surface area (Å²) in [5.41, 5.74) is 0.763. The second-order valence-corrected chi connectivity index (χ2v) is 4.87. The first-order valence-electron chi connectivity index (χ1n) is 6.86. The normalized spacial score (nSPS) is 10.2. The quantitative estimate of drug-likeness (QED) is 0.920. The maximum Gasteiger partial charge on any atom is 0.244 e. The molecule has 2 rings (SSSR count). The van der Waals surface area contributed by atoms with Crippen molar-refractivity contribution in [1.82, 2.24) is 9.88 Å². The summed E-state index contributed by atoms with van der Waals surface area (Å²) in [6.07, 6.45) is 1.59. The summed E-state index contributed by atoms with van der Waals surface area (Å²) >= 11 is 0. The SMILES string of the molecule is CC(=O)N(CC(=O)Nc1ccc(F)c(F)c1)Cc1ccccn1. The second kappa shape index (κ2) is 7.44. The van der Waals surface area contributed by atoms with E-state index in [1.807, 2.05) is 0 Å². The van der Waals surface area contributed by atoms with Gasteiger partial charge < -0.3 is 10.2 Å². The molecule has 120 valence electrons. The molecule has 7 heteroatoms. The predicted molar refractivity (Wildman–Crippen MR) is 80.3 cm³/mol. The first-order valence-corrected chi connectivity index (χ1v) is 6.86. The summed E-state index contributed by atoms with van der Waals surface area (Å²) in [5, 5.41) is 2.42. The molecule has 0 fully saturated rings. The Labute approximate surface area is 131 Å². The van der Waals surface area contributed by atoms with Gasteiger partial charge in [0.15, 0.2) is 11.6 Å². The van der Waals surface area contributed by atoms with Crippen LogP contribution in [0.4, 0.5) is 14.5 Å². The summed E-state index contributed by atoms with van der Waals surface area (Å²) in [7, 11) is 0. The average Bonchev–Trinajstić information content (AvgIpc) is 2.51. The Morgan fingerprint density at radius 3 is 2.57 bits per heavy atom. The first-order chi connectivity index (χ1) is 11.0. The Kier molecular flexibility index (Phi) is 5.35. The molecule has 0 unspecified atom stereocenters. The Hall–Kier alpha value is -2.83. The third-order valence-electron chi connectivity index (χ3n) is 3.06. The van der Waals surface area contributed by atoms with Crippen LogP contribution in [0, 0.1) is 11.6 Å². The summed E-state index contributed by atoms with van der Waals surface area (Å²) in [5.74, 6) is -2.86. The van der Waals surface area contributed by atoms with E-state index in [2.05, 4.69) is 10.3 Å². The maximum absolute atomic E-state index is 13.1. The molecule has 0 saturated heterocycles. The molecule has 2 amide bonds. The van der Waals surface area contributed by atoms with Crippen LogP contribution in [0.3, 0.4) is 0 Å². The number of halogens is 2. The third kappa shape index (κ3) is 4.84. The highest BCUT2D eigenvalue weighted by molar-refractivity contribution is 5.94. The van der Waals surface area contributed by atoms with E-state index in [1.165, 1.54) is 17.9 Å². The number of rotatable bonds is 5. The number of hydrogen-bond acceptors (Lipinski definition) is 3. The molecule has 0 bridgehead atoms. The van der Waals surface area contributed by atoms with Crippen molar-refractivity contribution in [3.05, 3.63) is 59.9 Å².